The molecule has 0 atom stereocenters. The van der Waals surface area contributed by atoms with Gasteiger partial charge in [-0.1, -0.05) is 0 Å². The summed E-state index contributed by atoms with van der Waals surface area (Å²) >= 11 is 0. The van der Waals surface area contributed by atoms with E-state index < -0.39 is 5.97 Å². The third-order valence-corrected chi connectivity index (χ3v) is 2.33. The number of rotatable bonds is 1. The van der Waals surface area contributed by atoms with Crippen LogP contribution in [-0.4, -0.2) is 22.6 Å². The lowest BCUT2D eigenvalue weighted by Gasteiger charge is -1.99. The molecule has 1 N–H and O–H groups in total. The predicted octanol–water partition coefficient (Wildman–Crippen LogP) is 0.653. The molecule has 2 aromatic rings. The van der Waals surface area contributed by atoms with Gasteiger partial charge in [-0.05, 0) is 18.2 Å². The van der Waals surface area contributed by atoms with Crippen molar-refractivity contribution in [2.45, 2.75) is 0 Å². The van der Waals surface area contributed by atoms with Crippen molar-refractivity contribution < 1.29 is 9.53 Å². The van der Waals surface area contributed by atoms with Crippen LogP contribution < -0.4 is 5.69 Å². The topological polar surface area (TPSA) is 64.1 Å². The van der Waals surface area contributed by atoms with Crippen molar-refractivity contribution in [2.75, 3.05) is 7.11 Å². The maximum absolute atomic E-state index is 11.3. The molecule has 0 amide bonds. The van der Waals surface area contributed by atoms with Gasteiger partial charge in [0, 0.05) is 7.05 Å². The van der Waals surface area contributed by atoms with Crippen LogP contribution in [0.15, 0.2) is 23.0 Å². The molecule has 1 heterocycles. The van der Waals surface area contributed by atoms with Crippen LogP contribution in [0.5, 0.6) is 0 Å². The van der Waals surface area contributed by atoms with Crippen LogP contribution in [0.2, 0.25) is 0 Å². The number of ether oxygens (including phenoxy) is 1. The first-order valence-corrected chi connectivity index (χ1v) is 4.40. The Morgan fingerprint density at radius 1 is 1.47 bits per heavy atom. The number of carbonyl (C=O) groups excluding carboxylic acids is 1. The fourth-order valence-corrected chi connectivity index (χ4v) is 1.47. The third-order valence-electron chi connectivity index (χ3n) is 2.33. The maximum Gasteiger partial charge on any atom is 0.337 e. The van der Waals surface area contributed by atoms with E-state index in [-0.39, 0.29) is 5.69 Å². The van der Waals surface area contributed by atoms with E-state index in [1.807, 2.05) is 0 Å². The number of hydrogen-bond acceptors (Lipinski definition) is 3. The summed E-state index contributed by atoms with van der Waals surface area (Å²) in [6, 6.07) is 4.92. The molecule has 0 fully saturated rings. The normalized spacial score (nSPS) is 10.5. The minimum Gasteiger partial charge on any atom is -0.465 e. The van der Waals surface area contributed by atoms with Gasteiger partial charge >= 0.3 is 11.7 Å². The summed E-state index contributed by atoms with van der Waals surface area (Å²) < 4.78 is 6.04. The zero-order valence-electron chi connectivity index (χ0n) is 8.40. The Balaban J connectivity index is 2.69. The lowest BCUT2D eigenvalue weighted by molar-refractivity contribution is 0.0601. The van der Waals surface area contributed by atoms with Crippen molar-refractivity contribution in [3.63, 3.8) is 0 Å². The van der Waals surface area contributed by atoms with Crippen LogP contribution in [0, 0.1) is 0 Å². The zero-order valence-corrected chi connectivity index (χ0v) is 8.40. The highest BCUT2D eigenvalue weighted by Gasteiger charge is 2.08. The average molecular weight is 206 g/mol. The summed E-state index contributed by atoms with van der Waals surface area (Å²) in [5.74, 6) is -0.412. The van der Waals surface area contributed by atoms with Gasteiger partial charge in [-0.3, -0.25) is 4.57 Å². The minimum absolute atomic E-state index is 0.202. The molecular formula is C10H10N2O3. The Bertz CT molecular complexity index is 580. The summed E-state index contributed by atoms with van der Waals surface area (Å²) in [6.07, 6.45) is 0. The van der Waals surface area contributed by atoms with Gasteiger partial charge in [0.2, 0.25) is 0 Å². The lowest BCUT2D eigenvalue weighted by Crippen LogP contribution is -2.11. The molecule has 0 aliphatic carbocycles. The number of hydrogen-bond donors (Lipinski definition) is 1. The molecule has 0 aliphatic rings. The van der Waals surface area contributed by atoms with Gasteiger partial charge in [0.05, 0.1) is 23.7 Å². The van der Waals surface area contributed by atoms with Gasteiger partial charge in [0.15, 0.2) is 0 Å². The van der Waals surface area contributed by atoms with E-state index in [4.69, 9.17) is 0 Å². The number of benzene rings is 1. The van der Waals surface area contributed by atoms with Gasteiger partial charge in [0.25, 0.3) is 0 Å². The summed E-state index contributed by atoms with van der Waals surface area (Å²) in [4.78, 5) is 25.2. The van der Waals surface area contributed by atoms with Crippen molar-refractivity contribution in [3.8, 4) is 0 Å². The summed E-state index contributed by atoms with van der Waals surface area (Å²) in [7, 11) is 2.96. The van der Waals surface area contributed by atoms with Crippen LogP contribution in [0.3, 0.4) is 0 Å². The standard InChI is InChI=1S/C10H10N2O3/c1-12-8-5-6(9(13)15-2)3-4-7(8)11-10(12)14/h3-5H,1-2H3,(H,11,14). The largest absolute Gasteiger partial charge is 0.465 e. The zero-order chi connectivity index (χ0) is 11.0. The number of esters is 1. The molecule has 1 aromatic heterocycles. The van der Waals surface area contributed by atoms with E-state index >= 15 is 0 Å². The fourth-order valence-electron chi connectivity index (χ4n) is 1.47. The fraction of sp³-hybridized carbons (Fsp3) is 0.200. The molecule has 5 nitrogen and oxygen atoms in total. The molecule has 0 saturated heterocycles. The highest BCUT2D eigenvalue weighted by Crippen LogP contribution is 2.12. The third kappa shape index (κ3) is 1.41. The average Bonchev–Trinajstić information content (AvgIpc) is 2.54. The van der Waals surface area contributed by atoms with Crippen LogP contribution in [0.4, 0.5) is 0 Å². The van der Waals surface area contributed by atoms with E-state index in [9.17, 15) is 9.59 Å². The summed E-state index contributed by atoms with van der Waals surface area (Å²) in [5.41, 5.74) is 1.62. The SMILES string of the molecule is COC(=O)c1ccc2[nH]c(=O)n(C)c2c1. The molecule has 0 unspecified atom stereocenters. The monoisotopic (exact) mass is 206 g/mol. The first-order chi connectivity index (χ1) is 7.13. The number of carbonyl (C=O) groups is 1. The molecule has 78 valence electrons. The molecule has 0 radical (unpaired) electrons. The van der Waals surface area contributed by atoms with E-state index in [0.29, 0.717) is 16.6 Å². The molecule has 0 bridgehead atoms. The molecule has 0 saturated carbocycles. The predicted molar refractivity (Wildman–Crippen MR) is 54.9 cm³/mol. The minimum atomic E-state index is -0.412. The molecule has 5 heteroatoms. The lowest BCUT2D eigenvalue weighted by atomic mass is 10.2. The van der Waals surface area contributed by atoms with Crippen molar-refractivity contribution in [1.29, 1.82) is 0 Å². The molecule has 1 aromatic carbocycles. The Morgan fingerprint density at radius 3 is 2.87 bits per heavy atom. The second-order valence-corrected chi connectivity index (χ2v) is 3.21. The van der Waals surface area contributed by atoms with Gasteiger partial charge < -0.3 is 9.72 Å². The van der Waals surface area contributed by atoms with Crippen molar-refractivity contribution in [1.82, 2.24) is 9.55 Å². The number of imidazole rings is 1. The number of fused-ring (bicyclic) bond motifs is 1. The van der Waals surface area contributed by atoms with Crippen molar-refractivity contribution in [2.24, 2.45) is 7.05 Å². The van der Waals surface area contributed by atoms with Gasteiger partial charge in [0.1, 0.15) is 0 Å². The van der Waals surface area contributed by atoms with E-state index in [2.05, 4.69) is 9.72 Å². The highest BCUT2D eigenvalue weighted by molar-refractivity contribution is 5.93. The number of nitrogens with one attached hydrogen (secondary N) is 1. The first-order valence-electron chi connectivity index (χ1n) is 4.40. The smallest absolute Gasteiger partial charge is 0.337 e. The Morgan fingerprint density at radius 2 is 2.20 bits per heavy atom. The molecule has 2 rings (SSSR count). The molecular weight excluding hydrogens is 196 g/mol. The first kappa shape index (κ1) is 9.51. The van der Waals surface area contributed by atoms with E-state index in [1.165, 1.54) is 11.7 Å². The van der Waals surface area contributed by atoms with Crippen LogP contribution in [0.25, 0.3) is 11.0 Å². The summed E-state index contributed by atoms with van der Waals surface area (Å²) in [5, 5.41) is 0. The Kier molecular flexibility index (Phi) is 2.07. The Labute approximate surface area is 85.3 Å². The maximum atomic E-state index is 11.3. The second kappa shape index (κ2) is 3.27. The molecule has 15 heavy (non-hydrogen) atoms. The quantitative estimate of drug-likeness (QED) is 0.697. The number of aryl methyl sites for hydroxylation is 1. The van der Waals surface area contributed by atoms with E-state index in [1.54, 1.807) is 25.2 Å². The number of methoxy groups -OCH3 is 1. The van der Waals surface area contributed by atoms with Crippen LogP contribution >= 0.6 is 0 Å². The summed E-state index contributed by atoms with van der Waals surface area (Å²) in [6.45, 7) is 0. The molecule has 0 spiro atoms. The Hall–Kier alpha value is -2.04. The van der Waals surface area contributed by atoms with Crippen LogP contribution in [-0.2, 0) is 11.8 Å². The van der Waals surface area contributed by atoms with Crippen molar-refractivity contribution >= 4 is 17.0 Å². The second-order valence-electron chi connectivity index (χ2n) is 3.21. The van der Waals surface area contributed by atoms with E-state index in [0.717, 1.165) is 0 Å². The molecule has 0 aliphatic heterocycles. The number of H-pyrrole nitrogens is 1. The van der Waals surface area contributed by atoms with Crippen LogP contribution in [0.1, 0.15) is 10.4 Å². The van der Waals surface area contributed by atoms with Gasteiger partial charge in [-0.2, -0.15) is 0 Å². The number of nitrogens with zero attached hydrogens (tertiary/aromatic N) is 1. The number of aromatic nitrogens is 2. The van der Waals surface area contributed by atoms with Gasteiger partial charge in [-0.25, -0.2) is 9.59 Å². The van der Waals surface area contributed by atoms with Gasteiger partial charge in [-0.15, -0.1) is 0 Å². The van der Waals surface area contributed by atoms with Crippen molar-refractivity contribution in [3.05, 3.63) is 34.2 Å². The number of aromatic amines is 1. The highest BCUT2D eigenvalue weighted by atomic mass is 16.5.